The first-order valence-corrected chi connectivity index (χ1v) is 7.41. The molecule has 0 bridgehead atoms. The number of nitrogens with two attached hydrogens (primary N) is 1. The van der Waals surface area contributed by atoms with Crippen molar-refractivity contribution in [2.75, 3.05) is 0 Å². The molecule has 0 aliphatic heterocycles. The minimum absolute atomic E-state index is 0.467. The highest BCUT2D eigenvalue weighted by Gasteiger charge is 2.73. The Kier molecular flexibility index (Phi) is 2.49. The fraction of sp³-hybridized carbons (Fsp3) is 0.625. The van der Waals surface area contributed by atoms with E-state index in [9.17, 15) is 0 Å². The van der Waals surface area contributed by atoms with Crippen LogP contribution in [0.4, 0.5) is 0 Å². The molecule has 3 aliphatic carbocycles. The Morgan fingerprint density at radius 3 is 2.28 bits per heavy atom. The van der Waals surface area contributed by atoms with E-state index in [1.54, 1.807) is 5.56 Å². The van der Waals surface area contributed by atoms with Crippen molar-refractivity contribution in [2.45, 2.75) is 49.7 Å². The molecule has 4 atom stereocenters. The van der Waals surface area contributed by atoms with Crippen LogP contribution in [-0.4, -0.2) is 18.1 Å². The van der Waals surface area contributed by atoms with Crippen molar-refractivity contribution in [1.82, 2.24) is 5.32 Å². The highest BCUT2D eigenvalue weighted by molar-refractivity contribution is 5.40. The van der Waals surface area contributed by atoms with Crippen molar-refractivity contribution in [2.24, 2.45) is 17.6 Å². The first kappa shape index (κ1) is 11.0. The smallest absolute Gasteiger partial charge is 0.0145 e. The number of rotatable bonds is 3. The third-order valence-corrected chi connectivity index (χ3v) is 5.21. The van der Waals surface area contributed by atoms with Crippen molar-refractivity contribution in [3.8, 4) is 0 Å². The second kappa shape index (κ2) is 4.07. The predicted molar refractivity (Wildman–Crippen MR) is 73.3 cm³/mol. The van der Waals surface area contributed by atoms with E-state index in [1.807, 2.05) is 0 Å². The molecule has 3 N–H and O–H groups in total. The van der Waals surface area contributed by atoms with Gasteiger partial charge in [0, 0.05) is 18.1 Å². The maximum absolute atomic E-state index is 5.95. The lowest BCUT2D eigenvalue weighted by molar-refractivity contribution is 0.322. The zero-order valence-electron chi connectivity index (χ0n) is 10.8. The maximum atomic E-state index is 5.95. The second-order valence-electron chi connectivity index (χ2n) is 6.40. The summed E-state index contributed by atoms with van der Waals surface area (Å²) in [5.74, 6) is 2.76. The van der Waals surface area contributed by atoms with Gasteiger partial charge in [0.2, 0.25) is 0 Å². The van der Waals surface area contributed by atoms with Crippen LogP contribution in [0, 0.1) is 11.8 Å². The Labute approximate surface area is 109 Å². The lowest BCUT2D eigenvalue weighted by Crippen LogP contribution is -2.40. The van der Waals surface area contributed by atoms with Gasteiger partial charge in [0.1, 0.15) is 0 Å². The van der Waals surface area contributed by atoms with E-state index in [1.165, 1.54) is 25.7 Å². The third-order valence-electron chi connectivity index (χ3n) is 5.21. The molecule has 0 radical (unpaired) electrons. The van der Waals surface area contributed by atoms with Crippen LogP contribution < -0.4 is 11.1 Å². The molecule has 0 spiro atoms. The summed E-state index contributed by atoms with van der Waals surface area (Å²) in [6.07, 6.45) is 4.99. The van der Waals surface area contributed by atoms with Crippen LogP contribution in [0.5, 0.6) is 0 Å². The van der Waals surface area contributed by atoms with Gasteiger partial charge < -0.3 is 11.1 Å². The lowest BCUT2D eigenvalue weighted by Gasteiger charge is -2.28. The van der Waals surface area contributed by atoms with E-state index in [0.717, 1.165) is 29.8 Å². The fourth-order valence-electron chi connectivity index (χ4n) is 3.92. The first-order chi connectivity index (χ1) is 8.84. The summed E-state index contributed by atoms with van der Waals surface area (Å²) < 4.78 is 0. The second-order valence-corrected chi connectivity index (χ2v) is 6.40. The van der Waals surface area contributed by atoms with Crippen molar-refractivity contribution >= 4 is 0 Å². The van der Waals surface area contributed by atoms with E-state index in [0.29, 0.717) is 6.04 Å². The van der Waals surface area contributed by atoms with Gasteiger partial charge in [-0.15, -0.1) is 0 Å². The number of hydrogen-bond donors (Lipinski definition) is 2. The number of hydrogen-bond acceptors (Lipinski definition) is 2. The molecule has 0 heterocycles. The molecule has 96 valence electrons. The van der Waals surface area contributed by atoms with Crippen LogP contribution in [0.15, 0.2) is 30.3 Å². The largest absolute Gasteiger partial charge is 0.328 e. The zero-order chi connectivity index (χ0) is 12.1. The molecule has 0 amide bonds. The molecule has 4 rings (SSSR count). The maximum Gasteiger partial charge on any atom is 0.0145 e. The zero-order valence-corrected chi connectivity index (χ0v) is 10.8. The average Bonchev–Trinajstić information content (AvgIpc) is 3.29. The summed E-state index contributed by atoms with van der Waals surface area (Å²) in [4.78, 5) is 0. The standard InChI is InChI=1S/C16H22N2/c17-11-6-8-12(9-7-11)18-16-14-13(15(14)16)10-4-2-1-3-5-10/h1-5,11-16,18H,6-9,17H2/t11?,12?,13?,14-,15?,16?/m0/s1. The molecule has 3 fully saturated rings. The molecule has 1 aromatic rings. The Morgan fingerprint density at radius 2 is 1.61 bits per heavy atom. The average molecular weight is 242 g/mol. The van der Waals surface area contributed by atoms with E-state index in [2.05, 4.69) is 35.6 Å². The van der Waals surface area contributed by atoms with Crippen LogP contribution in [-0.2, 0) is 0 Å². The molecular weight excluding hydrogens is 220 g/mol. The molecule has 2 nitrogen and oxygen atoms in total. The normalized spacial score (nSPS) is 45.4. The van der Waals surface area contributed by atoms with Gasteiger partial charge >= 0.3 is 0 Å². The minimum Gasteiger partial charge on any atom is -0.328 e. The van der Waals surface area contributed by atoms with Crippen molar-refractivity contribution < 1.29 is 0 Å². The summed E-state index contributed by atoms with van der Waals surface area (Å²) in [5, 5.41) is 3.86. The summed E-state index contributed by atoms with van der Waals surface area (Å²) in [5.41, 5.74) is 7.50. The minimum atomic E-state index is 0.467. The van der Waals surface area contributed by atoms with E-state index >= 15 is 0 Å². The Bertz CT molecular complexity index is 412. The summed E-state index contributed by atoms with van der Waals surface area (Å²) in [7, 11) is 0. The molecule has 0 saturated heterocycles. The topological polar surface area (TPSA) is 38.0 Å². The van der Waals surface area contributed by atoms with Crippen LogP contribution in [0.3, 0.4) is 0 Å². The van der Waals surface area contributed by atoms with E-state index < -0.39 is 0 Å². The summed E-state index contributed by atoms with van der Waals surface area (Å²) >= 11 is 0. The van der Waals surface area contributed by atoms with Gasteiger partial charge in [-0.05, 0) is 49.0 Å². The Hall–Kier alpha value is -0.860. The van der Waals surface area contributed by atoms with Crippen molar-refractivity contribution in [1.29, 1.82) is 0 Å². The molecule has 3 saturated carbocycles. The summed E-state index contributed by atoms with van der Waals surface area (Å²) in [6.45, 7) is 0. The Balaban J connectivity index is 1.28. The molecule has 18 heavy (non-hydrogen) atoms. The quantitative estimate of drug-likeness (QED) is 0.853. The van der Waals surface area contributed by atoms with Crippen molar-refractivity contribution in [3.05, 3.63) is 35.9 Å². The monoisotopic (exact) mass is 242 g/mol. The summed E-state index contributed by atoms with van der Waals surface area (Å²) in [6, 6.07) is 13.1. The highest BCUT2D eigenvalue weighted by Crippen LogP contribution is 2.73. The highest BCUT2D eigenvalue weighted by atomic mass is 15.1. The number of nitrogens with one attached hydrogen (secondary N) is 1. The fourth-order valence-corrected chi connectivity index (χ4v) is 3.92. The van der Waals surface area contributed by atoms with Gasteiger partial charge in [-0.2, -0.15) is 0 Å². The first-order valence-electron chi connectivity index (χ1n) is 7.41. The van der Waals surface area contributed by atoms with Crippen LogP contribution >= 0.6 is 0 Å². The molecular formula is C16H22N2. The molecule has 1 aromatic carbocycles. The van der Waals surface area contributed by atoms with Gasteiger partial charge in [-0.25, -0.2) is 0 Å². The van der Waals surface area contributed by atoms with Gasteiger partial charge in [0.25, 0.3) is 0 Å². The SMILES string of the molecule is NC1CCC(NC2C3C(c4ccccc4)[C@H]23)CC1. The van der Waals surface area contributed by atoms with Gasteiger partial charge in [-0.1, -0.05) is 30.3 Å². The van der Waals surface area contributed by atoms with E-state index in [4.69, 9.17) is 5.73 Å². The molecule has 3 unspecified atom stereocenters. The van der Waals surface area contributed by atoms with Crippen molar-refractivity contribution in [3.63, 3.8) is 0 Å². The van der Waals surface area contributed by atoms with Crippen LogP contribution in [0.2, 0.25) is 0 Å². The molecule has 3 aliphatic rings. The molecule has 2 heteroatoms. The van der Waals surface area contributed by atoms with Gasteiger partial charge in [0.05, 0.1) is 0 Å². The van der Waals surface area contributed by atoms with E-state index in [-0.39, 0.29) is 0 Å². The Morgan fingerprint density at radius 1 is 0.944 bits per heavy atom. The van der Waals surface area contributed by atoms with Gasteiger partial charge in [0.15, 0.2) is 0 Å². The predicted octanol–water partition coefficient (Wildman–Crippen LogP) is 2.26. The third kappa shape index (κ3) is 1.79. The van der Waals surface area contributed by atoms with Crippen LogP contribution in [0.25, 0.3) is 0 Å². The number of fused-ring (bicyclic) bond motifs is 1. The lowest BCUT2D eigenvalue weighted by atomic mass is 9.91. The van der Waals surface area contributed by atoms with Crippen LogP contribution in [0.1, 0.15) is 37.2 Å². The number of benzene rings is 1. The molecule has 0 aromatic heterocycles. The van der Waals surface area contributed by atoms with Gasteiger partial charge in [-0.3, -0.25) is 0 Å².